The van der Waals surface area contributed by atoms with Crippen molar-refractivity contribution >= 4 is 18.0 Å². The van der Waals surface area contributed by atoms with Gasteiger partial charge in [-0.1, -0.05) is 35.5 Å². The second kappa shape index (κ2) is 8.78. The van der Waals surface area contributed by atoms with E-state index in [-0.39, 0.29) is 17.3 Å². The van der Waals surface area contributed by atoms with Gasteiger partial charge in [-0.15, -0.1) is 5.10 Å². The lowest BCUT2D eigenvalue weighted by Gasteiger charge is -2.15. The fourth-order valence-corrected chi connectivity index (χ4v) is 2.48. The molecule has 10 nitrogen and oxygen atoms in total. The van der Waals surface area contributed by atoms with E-state index in [9.17, 15) is 14.0 Å². The van der Waals surface area contributed by atoms with Gasteiger partial charge in [-0.25, -0.2) is 18.7 Å². The number of amides is 2. The third-order valence-electron chi connectivity index (χ3n) is 3.81. The maximum atomic E-state index is 13.3. The zero-order chi connectivity index (χ0) is 20.8. The van der Waals surface area contributed by atoms with E-state index in [4.69, 9.17) is 15.2 Å². The molecular formula is C18H17FN6O4. The van der Waals surface area contributed by atoms with Gasteiger partial charge in [-0.3, -0.25) is 10.3 Å². The summed E-state index contributed by atoms with van der Waals surface area (Å²) in [6.45, 7) is -0.878. The smallest absolute Gasteiger partial charge is 0.413 e. The zero-order valence-corrected chi connectivity index (χ0v) is 15.3. The van der Waals surface area contributed by atoms with Crippen LogP contribution >= 0.6 is 0 Å². The number of aryl methyl sites for hydroxylation is 1. The molecule has 0 fully saturated rings. The Kier molecular flexibility index (Phi) is 5.97. The molecule has 0 saturated carbocycles. The van der Waals surface area contributed by atoms with Crippen LogP contribution in [-0.4, -0.2) is 38.8 Å². The van der Waals surface area contributed by atoms with Crippen LogP contribution < -0.4 is 15.8 Å². The first-order valence-corrected chi connectivity index (χ1v) is 8.40. The predicted molar refractivity (Wildman–Crippen MR) is 99.7 cm³/mol. The van der Waals surface area contributed by atoms with Gasteiger partial charge >= 0.3 is 12.2 Å². The topological polar surface area (TPSA) is 134 Å². The number of anilines is 1. The van der Waals surface area contributed by atoms with Crippen molar-refractivity contribution in [3.05, 3.63) is 54.2 Å². The van der Waals surface area contributed by atoms with Crippen molar-refractivity contribution in [2.24, 2.45) is 12.8 Å². The molecule has 0 aliphatic heterocycles. The summed E-state index contributed by atoms with van der Waals surface area (Å²) in [5, 5.41) is 10.3. The summed E-state index contributed by atoms with van der Waals surface area (Å²) < 4.78 is 24.5. The average molecular weight is 400 g/mol. The Morgan fingerprint density at radius 1 is 1.24 bits per heavy atom. The van der Waals surface area contributed by atoms with Crippen molar-refractivity contribution < 1.29 is 23.5 Å². The number of rotatable bonds is 6. The molecule has 0 spiro atoms. The van der Waals surface area contributed by atoms with Crippen molar-refractivity contribution in [3.63, 3.8) is 0 Å². The van der Waals surface area contributed by atoms with Crippen LogP contribution in [0.5, 0.6) is 5.75 Å². The molecule has 0 unspecified atom stereocenters. The number of pyridine rings is 1. The Morgan fingerprint density at radius 3 is 2.62 bits per heavy atom. The molecule has 1 atom stereocenters. The summed E-state index contributed by atoms with van der Waals surface area (Å²) in [6.07, 6.45) is -1.63. The van der Waals surface area contributed by atoms with Gasteiger partial charge in [0.1, 0.15) is 6.67 Å². The number of carbonyl (C=O) groups is 2. The average Bonchev–Trinajstić information content (AvgIpc) is 3.07. The molecule has 0 aliphatic rings. The van der Waals surface area contributed by atoms with Crippen LogP contribution in [0.1, 0.15) is 11.7 Å². The second-order valence-electron chi connectivity index (χ2n) is 5.79. The number of aromatic nitrogens is 4. The van der Waals surface area contributed by atoms with E-state index >= 15 is 0 Å². The molecule has 11 heteroatoms. The van der Waals surface area contributed by atoms with Crippen LogP contribution in [0, 0.1) is 0 Å². The predicted octanol–water partition coefficient (Wildman–Crippen LogP) is 2.59. The number of hydrogen-bond donors (Lipinski definition) is 2. The molecule has 2 aromatic heterocycles. The van der Waals surface area contributed by atoms with Crippen LogP contribution in [0.3, 0.4) is 0 Å². The minimum absolute atomic E-state index is 0.146. The minimum Gasteiger partial charge on any atom is -0.438 e. The van der Waals surface area contributed by atoms with Crippen molar-refractivity contribution in [1.82, 2.24) is 20.0 Å². The number of ether oxygens (including phenoxy) is 2. The maximum Gasteiger partial charge on any atom is 0.413 e. The molecule has 3 aromatic rings. The van der Waals surface area contributed by atoms with Crippen LogP contribution in [0.2, 0.25) is 0 Å². The molecule has 29 heavy (non-hydrogen) atoms. The summed E-state index contributed by atoms with van der Waals surface area (Å²) in [7, 11) is 1.56. The maximum absolute atomic E-state index is 13.3. The van der Waals surface area contributed by atoms with Crippen LogP contribution in [0.25, 0.3) is 11.4 Å². The first kappa shape index (κ1) is 19.7. The number of halogens is 1. The molecule has 0 bridgehead atoms. The van der Waals surface area contributed by atoms with E-state index in [1.807, 2.05) is 0 Å². The lowest BCUT2D eigenvalue weighted by Crippen LogP contribution is -2.20. The normalized spacial score (nSPS) is 11.5. The number of nitrogens with two attached hydrogens (primary N) is 1. The van der Waals surface area contributed by atoms with Gasteiger partial charge in [-0.2, -0.15) is 0 Å². The molecule has 3 N–H and O–H groups in total. The van der Waals surface area contributed by atoms with Crippen molar-refractivity contribution in [1.29, 1.82) is 0 Å². The summed E-state index contributed by atoms with van der Waals surface area (Å²) in [6, 6.07) is 11.5. The monoisotopic (exact) mass is 400 g/mol. The van der Waals surface area contributed by atoms with Gasteiger partial charge in [0.2, 0.25) is 0 Å². The van der Waals surface area contributed by atoms with Gasteiger partial charge < -0.3 is 15.2 Å². The van der Waals surface area contributed by atoms with Gasteiger partial charge in [0.15, 0.2) is 23.4 Å². The van der Waals surface area contributed by atoms with Gasteiger partial charge in [0.05, 0.1) is 11.9 Å². The highest BCUT2D eigenvalue weighted by Gasteiger charge is 2.21. The van der Waals surface area contributed by atoms with E-state index in [1.165, 1.54) is 23.0 Å². The Morgan fingerprint density at radius 2 is 2.00 bits per heavy atom. The SMILES string of the molecule is Cn1nnc(-c2ccc(OC(N)=O)cn2)c1NC(=O)O[C@H](CF)c1ccccc1. The zero-order valence-electron chi connectivity index (χ0n) is 15.3. The van der Waals surface area contributed by atoms with Crippen LogP contribution in [0.15, 0.2) is 48.7 Å². The Labute approximate surface area is 164 Å². The third-order valence-corrected chi connectivity index (χ3v) is 3.81. The first-order valence-electron chi connectivity index (χ1n) is 8.40. The van der Waals surface area contributed by atoms with E-state index in [1.54, 1.807) is 37.4 Å². The number of alkyl halides is 1. The van der Waals surface area contributed by atoms with Crippen molar-refractivity contribution in [2.75, 3.05) is 12.0 Å². The molecule has 2 amide bonds. The van der Waals surface area contributed by atoms with E-state index in [2.05, 4.69) is 20.6 Å². The lowest BCUT2D eigenvalue weighted by atomic mass is 10.1. The lowest BCUT2D eigenvalue weighted by molar-refractivity contribution is 0.0928. The number of nitrogens with zero attached hydrogens (tertiary/aromatic N) is 4. The molecular weight excluding hydrogens is 383 g/mol. The summed E-state index contributed by atoms with van der Waals surface area (Å²) in [5.74, 6) is 0.337. The fraction of sp³-hybridized carbons (Fsp3) is 0.167. The van der Waals surface area contributed by atoms with Gasteiger partial charge in [0, 0.05) is 7.05 Å². The van der Waals surface area contributed by atoms with Crippen molar-refractivity contribution in [2.45, 2.75) is 6.10 Å². The highest BCUT2D eigenvalue weighted by atomic mass is 19.1. The molecule has 2 heterocycles. The summed E-state index contributed by atoms with van der Waals surface area (Å²) >= 11 is 0. The number of nitrogens with one attached hydrogen (secondary N) is 1. The molecule has 1 aromatic carbocycles. The standard InChI is InChI=1S/C18H17FN6O4/c1-25-16(22-18(27)29-14(9-19)11-5-3-2-4-6-11)15(23-24-25)13-8-7-12(10-21-13)28-17(20)26/h2-8,10,14H,9H2,1H3,(H2,20,26)(H,22,27)/t14-/m1/s1. The number of hydrogen-bond acceptors (Lipinski definition) is 7. The van der Waals surface area contributed by atoms with E-state index in [0.717, 1.165) is 0 Å². The Hall–Kier alpha value is -4.02. The molecule has 0 saturated heterocycles. The van der Waals surface area contributed by atoms with Crippen LogP contribution in [0.4, 0.5) is 19.8 Å². The van der Waals surface area contributed by atoms with Gasteiger partial charge in [-0.05, 0) is 17.7 Å². The van der Waals surface area contributed by atoms with Crippen molar-refractivity contribution in [3.8, 4) is 17.1 Å². The van der Waals surface area contributed by atoms with E-state index in [0.29, 0.717) is 11.3 Å². The highest BCUT2D eigenvalue weighted by molar-refractivity contribution is 5.88. The summed E-state index contributed by atoms with van der Waals surface area (Å²) in [4.78, 5) is 27.2. The minimum atomic E-state index is -1.05. The van der Waals surface area contributed by atoms with Crippen LogP contribution in [-0.2, 0) is 11.8 Å². The Balaban J connectivity index is 1.75. The molecule has 0 aliphatic carbocycles. The molecule has 0 radical (unpaired) electrons. The third kappa shape index (κ3) is 4.83. The van der Waals surface area contributed by atoms with Gasteiger partial charge in [0.25, 0.3) is 0 Å². The molecule has 3 rings (SSSR count). The number of carbonyl (C=O) groups excluding carboxylic acids is 2. The Bertz CT molecular complexity index is 993. The second-order valence-corrected chi connectivity index (χ2v) is 5.79. The highest BCUT2D eigenvalue weighted by Crippen LogP contribution is 2.26. The first-order chi connectivity index (χ1) is 14.0. The quantitative estimate of drug-likeness (QED) is 0.649. The summed E-state index contributed by atoms with van der Waals surface area (Å²) in [5.41, 5.74) is 6.06. The number of benzene rings is 1. The van der Waals surface area contributed by atoms with E-state index < -0.39 is 25.0 Å². The number of primary amides is 1. The fourth-order valence-electron chi connectivity index (χ4n) is 2.48. The molecule has 150 valence electrons. The largest absolute Gasteiger partial charge is 0.438 e.